The lowest BCUT2D eigenvalue weighted by molar-refractivity contribution is -0.151. The van der Waals surface area contributed by atoms with Crippen molar-refractivity contribution in [3.8, 4) is 0 Å². The van der Waals surface area contributed by atoms with Crippen LogP contribution in [0.15, 0.2) is 0 Å². The highest BCUT2D eigenvalue weighted by Crippen LogP contribution is 2.02. The number of rotatable bonds is 4. The SMILES string of the molecule is CCCN(CCC)C(=O)C(=O)N1CCCNCC1. The van der Waals surface area contributed by atoms with Gasteiger partial charge >= 0.3 is 11.8 Å². The highest BCUT2D eigenvalue weighted by Gasteiger charge is 2.26. The van der Waals surface area contributed by atoms with Crippen molar-refractivity contribution in [1.82, 2.24) is 15.1 Å². The number of carbonyl (C=O) groups is 2. The predicted molar refractivity (Wildman–Crippen MR) is 71.2 cm³/mol. The van der Waals surface area contributed by atoms with Crippen molar-refractivity contribution >= 4 is 11.8 Å². The van der Waals surface area contributed by atoms with Gasteiger partial charge in [0.15, 0.2) is 0 Å². The second-order valence-corrected chi connectivity index (χ2v) is 4.69. The molecule has 1 fully saturated rings. The molecule has 0 aromatic rings. The molecule has 0 saturated carbocycles. The van der Waals surface area contributed by atoms with E-state index in [1.165, 1.54) is 0 Å². The third-order valence-corrected chi connectivity index (χ3v) is 3.08. The van der Waals surface area contributed by atoms with Crippen molar-refractivity contribution in [3.05, 3.63) is 0 Å². The van der Waals surface area contributed by atoms with Crippen LogP contribution in [0.2, 0.25) is 0 Å². The zero-order valence-electron chi connectivity index (χ0n) is 11.6. The molecule has 1 heterocycles. The molecule has 0 spiro atoms. The molecule has 0 bridgehead atoms. The van der Waals surface area contributed by atoms with Gasteiger partial charge in [-0.2, -0.15) is 0 Å². The molecular weight excluding hydrogens is 230 g/mol. The van der Waals surface area contributed by atoms with E-state index in [0.29, 0.717) is 26.2 Å². The van der Waals surface area contributed by atoms with Crippen LogP contribution in [0.25, 0.3) is 0 Å². The van der Waals surface area contributed by atoms with Gasteiger partial charge in [-0.25, -0.2) is 0 Å². The van der Waals surface area contributed by atoms with E-state index >= 15 is 0 Å². The maximum Gasteiger partial charge on any atom is 0.312 e. The first kappa shape index (κ1) is 15.0. The van der Waals surface area contributed by atoms with Crippen molar-refractivity contribution in [1.29, 1.82) is 0 Å². The normalized spacial score (nSPS) is 16.2. The number of carbonyl (C=O) groups excluding carboxylic acids is 2. The Bertz CT molecular complexity index is 255. The third-order valence-electron chi connectivity index (χ3n) is 3.08. The molecule has 0 unspecified atom stereocenters. The standard InChI is InChI=1S/C13H25N3O2/c1-3-8-15(9-4-2)12(17)13(18)16-10-5-6-14-7-11-16/h14H,3-11H2,1-2H3. The second-order valence-electron chi connectivity index (χ2n) is 4.69. The van der Waals surface area contributed by atoms with Gasteiger partial charge in [-0.15, -0.1) is 0 Å². The quantitative estimate of drug-likeness (QED) is 0.742. The predicted octanol–water partition coefficient (Wildman–Crippen LogP) is 0.457. The summed E-state index contributed by atoms with van der Waals surface area (Å²) in [5, 5.41) is 3.23. The summed E-state index contributed by atoms with van der Waals surface area (Å²) in [7, 11) is 0. The Morgan fingerprint density at radius 1 is 1.11 bits per heavy atom. The maximum atomic E-state index is 12.1. The van der Waals surface area contributed by atoms with E-state index in [2.05, 4.69) is 5.32 Å². The molecule has 1 rings (SSSR count). The van der Waals surface area contributed by atoms with Gasteiger partial charge in [0, 0.05) is 32.7 Å². The number of hydrogen-bond donors (Lipinski definition) is 1. The molecule has 5 heteroatoms. The summed E-state index contributed by atoms with van der Waals surface area (Å²) in [6.07, 6.45) is 2.70. The van der Waals surface area contributed by atoms with Gasteiger partial charge in [-0.05, 0) is 25.8 Å². The van der Waals surface area contributed by atoms with Crippen molar-refractivity contribution in [3.63, 3.8) is 0 Å². The number of nitrogens with zero attached hydrogens (tertiary/aromatic N) is 2. The highest BCUT2D eigenvalue weighted by molar-refractivity contribution is 6.34. The fraction of sp³-hybridized carbons (Fsp3) is 0.846. The van der Waals surface area contributed by atoms with Crippen molar-refractivity contribution < 1.29 is 9.59 Å². The first-order valence-corrected chi connectivity index (χ1v) is 6.99. The Morgan fingerprint density at radius 3 is 2.39 bits per heavy atom. The van der Waals surface area contributed by atoms with Crippen LogP contribution in [0, 0.1) is 0 Å². The van der Waals surface area contributed by atoms with E-state index in [1.54, 1.807) is 9.80 Å². The topological polar surface area (TPSA) is 52.7 Å². The molecular formula is C13H25N3O2. The molecule has 18 heavy (non-hydrogen) atoms. The number of amides is 2. The Balaban J connectivity index is 2.58. The van der Waals surface area contributed by atoms with Crippen LogP contribution >= 0.6 is 0 Å². The van der Waals surface area contributed by atoms with Crippen LogP contribution < -0.4 is 5.32 Å². The lowest BCUT2D eigenvalue weighted by Crippen LogP contribution is -2.46. The summed E-state index contributed by atoms with van der Waals surface area (Å²) >= 11 is 0. The molecule has 1 N–H and O–H groups in total. The third kappa shape index (κ3) is 4.29. The summed E-state index contributed by atoms with van der Waals surface area (Å²) < 4.78 is 0. The molecule has 0 aliphatic carbocycles. The summed E-state index contributed by atoms with van der Waals surface area (Å²) in [6.45, 7) is 8.41. The van der Waals surface area contributed by atoms with E-state index in [-0.39, 0.29) is 11.8 Å². The second kappa shape index (κ2) is 8.08. The zero-order chi connectivity index (χ0) is 13.4. The van der Waals surface area contributed by atoms with Gasteiger partial charge in [0.25, 0.3) is 0 Å². The van der Waals surface area contributed by atoms with Crippen molar-refractivity contribution in [2.24, 2.45) is 0 Å². The van der Waals surface area contributed by atoms with Gasteiger partial charge in [-0.1, -0.05) is 13.8 Å². The Kier molecular flexibility index (Phi) is 6.72. The van der Waals surface area contributed by atoms with E-state index in [4.69, 9.17) is 0 Å². The fourth-order valence-corrected chi connectivity index (χ4v) is 2.17. The molecule has 1 aliphatic heterocycles. The number of hydrogen-bond acceptors (Lipinski definition) is 3. The largest absolute Gasteiger partial charge is 0.334 e. The smallest absolute Gasteiger partial charge is 0.312 e. The minimum Gasteiger partial charge on any atom is -0.334 e. The van der Waals surface area contributed by atoms with Gasteiger partial charge in [0.2, 0.25) is 0 Å². The van der Waals surface area contributed by atoms with E-state index in [0.717, 1.165) is 32.4 Å². The molecule has 0 aromatic carbocycles. The lowest BCUT2D eigenvalue weighted by Gasteiger charge is -2.25. The molecule has 1 aliphatic rings. The summed E-state index contributed by atoms with van der Waals surface area (Å²) in [5.74, 6) is -0.666. The van der Waals surface area contributed by atoms with Crippen LogP contribution in [-0.4, -0.2) is 60.9 Å². The first-order valence-electron chi connectivity index (χ1n) is 6.99. The van der Waals surface area contributed by atoms with E-state index in [1.807, 2.05) is 13.8 Å². The van der Waals surface area contributed by atoms with Crippen molar-refractivity contribution in [2.75, 3.05) is 39.3 Å². The van der Waals surface area contributed by atoms with E-state index in [9.17, 15) is 9.59 Å². The molecule has 2 amide bonds. The van der Waals surface area contributed by atoms with Gasteiger partial charge in [-0.3, -0.25) is 9.59 Å². The molecule has 0 atom stereocenters. The molecule has 1 saturated heterocycles. The molecule has 104 valence electrons. The Morgan fingerprint density at radius 2 is 1.78 bits per heavy atom. The van der Waals surface area contributed by atoms with E-state index < -0.39 is 0 Å². The van der Waals surface area contributed by atoms with Crippen LogP contribution in [0.1, 0.15) is 33.1 Å². The summed E-state index contributed by atoms with van der Waals surface area (Å²) in [4.78, 5) is 27.7. The average Bonchev–Trinajstić information content (AvgIpc) is 2.65. The van der Waals surface area contributed by atoms with Crippen LogP contribution in [0.4, 0.5) is 0 Å². The average molecular weight is 255 g/mol. The fourth-order valence-electron chi connectivity index (χ4n) is 2.17. The monoisotopic (exact) mass is 255 g/mol. The molecule has 5 nitrogen and oxygen atoms in total. The minimum absolute atomic E-state index is 0.333. The van der Waals surface area contributed by atoms with Gasteiger partial charge in [0.05, 0.1) is 0 Å². The molecule has 0 radical (unpaired) electrons. The van der Waals surface area contributed by atoms with Crippen LogP contribution in [-0.2, 0) is 9.59 Å². The van der Waals surface area contributed by atoms with Crippen LogP contribution in [0.5, 0.6) is 0 Å². The maximum absolute atomic E-state index is 12.1. The summed E-state index contributed by atoms with van der Waals surface area (Å²) in [6, 6.07) is 0. The van der Waals surface area contributed by atoms with Gasteiger partial charge < -0.3 is 15.1 Å². The van der Waals surface area contributed by atoms with Crippen molar-refractivity contribution in [2.45, 2.75) is 33.1 Å². The summed E-state index contributed by atoms with van der Waals surface area (Å²) in [5.41, 5.74) is 0. The van der Waals surface area contributed by atoms with Gasteiger partial charge in [0.1, 0.15) is 0 Å². The first-order chi connectivity index (χ1) is 8.70. The Labute approximate surface area is 110 Å². The zero-order valence-corrected chi connectivity index (χ0v) is 11.6. The molecule has 0 aromatic heterocycles. The Hall–Kier alpha value is -1.10. The van der Waals surface area contributed by atoms with Crippen LogP contribution in [0.3, 0.4) is 0 Å². The minimum atomic E-state index is -0.333. The lowest BCUT2D eigenvalue weighted by atomic mass is 10.3. The number of nitrogens with one attached hydrogen (secondary N) is 1. The highest BCUT2D eigenvalue weighted by atomic mass is 16.2.